The van der Waals surface area contributed by atoms with Crippen LogP contribution in [0.4, 0.5) is 0 Å². The van der Waals surface area contributed by atoms with Gasteiger partial charge in [0.15, 0.2) is 5.96 Å². The molecule has 1 atom stereocenters. The van der Waals surface area contributed by atoms with Crippen molar-refractivity contribution in [3.05, 3.63) is 0 Å². The maximum Gasteiger partial charge on any atom is 0.191 e. The standard InChI is InChI=1S/C18H39N5O/c1-8-19-17(21-14-18(4,5)22(6)7)20-11-16-13-23(9-10-24-16)12-15(2)3/h15-16H,8-14H2,1-7H3,(H2,19,20,21). The molecule has 0 saturated carbocycles. The number of likely N-dealkylation sites (N-methyl/N-ethyl adjacent to an activating group) is 1. The van der Waals surface area contributed by atoms with Gasteiger partial charge in [0.2, 0.25) is 0 Å². The fourth-order valence-corrected chi connectivity index (χ4v) is 2.55. The Bertz CT molecular complexity index is 382. The number of hydrogen-bond acceptors (Lipinski definition) is 4. The Morgan fingerprint density at radius 3 is 2.62 bits per heavy atom. The lowest BCUT2D eigenvalue weighted by molar-refractivity contribution is -0.0284. The van der Waals surface area contributed by atoms with E-state index in [4.69, 9.17) is 9.73 Å². The van der Waals surface area contributed by atoms with E-state index in [1.54, 1.807) is 0 Å². The van der Waals surface area contributed by atoms with Crippen LogP contribution >= 0.6 is 0 Å². The van der Waals surface area contributed by atoms with Crippen LogP contribution in [0.25, 0.3) is 0 Å². The lowest BCUT2D eigenvalue weighted by Crippen LogP contribution is -2.50. The van der Waals surface area contributed by atoms with Crippen LogP contribution in [0.5, 0.6) is 0 Å². The number of hydrogen-bond donors (Lipinski definition) is 2. The van der Waals surface area contributed by atoms with Gasteiger partial charge < -0.3 is 20.3 Å². The molecule has 1 saturated heterocycles. The summed E-state index contributed by atoms with van der Waals surface area (Å²) >= 11 is 0. The van der Waals surface area contributed by atoms with E-state index < -0.39 is 0 Å². The van der Waals surface area contributed by atoms with E-state index in [0.717, 1.165) is 51.8 Å². The van der Waals surface area contributed by atoms with Gasteiger partial charge in [0.1, 0.15) is 0 Å². The highest BCUT2D eigenvalue weighted by Crippen LogP contribution is 2.10. The molecular formula is C18H39N5O. The highest BCUT2D eigenvalue weighted by Gasteiger charge is 2.22. The van der Waals surface area contributed by atoms with Crippen molar-refractivity contribution in [3.63, 3.8) is 0 Å². The van der Waals surface area contributed by atoms with Crippen LogP contribution in [0, 0.1) is 5.92 Å². The van der Waals surface area contributed by atoms with Crippen LogP contribution in [0.15, 0.2) is 4.99 Å². The van der Waals surface area contributed by atoms with Crippen molar-refractivity contribution in [2.45, 2.75) is 46.3 Å². The highest BCUT2D eigenvalue weighted by molar-refractivity contribution is 5.79. The average molecular weight is 342 g/mol. The van der Waals surface area contributed by atoms with Gasteiger partial charge in [0.05, 0.1) is 19.3 Å². The first-order chi connectivity index (χ1) is 11.2. The molecule has 1 unspecified atom stereocenters. The zero-order valence-corrected chi connectivity index (χ0v) is 16.9. The molecule has 0 aliphatic carbocycles. The molecule has 0 aromatic heterocycles. The lowest BCUT2D eigenvalue weighted by atomic mass is 10.1. The monoisotopic (exact) mass is 341 g/mol. The van der Waals surface area contributed by atoms with E-state index >= 15 is 0 Å². The van der Waals surface area contributed by atoms with Crippen LogP contribution in [-0.2, 0) is 4.74 Å². The second-order valence-corrected chi connectivity index (χ2v) is 7.93. The van der Waals surface area contributed by atoms with Crippen molar-refractivity contribution in [1.82, 2.24) is 20.4 Å². The van der Waals surface area contributed by atoms with Gasteiger partial charge in [-0.05, 0) is 40.8 Å². The molecular weight excluding hydrogens is 302 g/mol. The molecule has 24 heavy (non-hydrogen) atoms. The summed E-state index contributed by atoms with van der Waals surface area (Å²) in [5, 5.41) is 6.77. The first-order valence-corrected chi connectivity index (χ1v) is 9.28. The van der Waals surface area contributed by atoms with Crippen molar-refractivity contribution in [1.29, 1.82) is 0 Å². The third-order valence-corrected chi connectivity index (χ3v) is 4.52. The van der Waals surface area contributed by atoms with E-state index in [2.05, 4.69) is 69.1 Å². The number of nitrogens with one attached hydrogen (secondary N) is 2. The fourth-order valence-electron chi connectivity index (χ4n) is 2.55. The quantitative estimate of drug-likeness (QED) is 0.514. The van der Waals surface area contributed by atoms with Gasteiger partial charge in [0.25, 0.3) is 0 Å². The number of ether oxygens (including phenoxy) is 1. The summed E-state index contributed by atoms with van der Waals surface area (Å²) in [6, 6.07) is 0. The minimum atomic E-state index is 0.0394. The Morgan fingerprint density at radius 2 is 2.04 bits per heavy atom. The van der Waals surface area contributed by atoms with Crippen LogP contribution < -0.4 is 10.6 Å². The summed E-state index contributed by atoms with van der Waals surface area (Å²) in [6.45, 7) is 17.4. The highest BCUT2D eigenvalue weighted by atomic mass is 16.5. The van der Waals surface area contributed by atoms with Crippen LogP contribution in [0.2, 0.25) is 0 Å². The first kappa shape index (κ1) is 21.2. The summed E-state index contributed by atoms with van der Waals surface area (Å²) in [7, 11) is 4.18. The molecule has 1 rings (SSSR count). The SMILES string of the molecule is CCNC(=NCC(C)(C)N(C)C)NCC1CN(CC(C)C)CCO1. The van der Waals surface area contributed by atoms with E-state index in [0.29, 0.717) is 5.92 Å². The number of nitrogens with zero attached hydrogens (tertiary/aromatic N) is 3. The van der Waals surface area contributed by atoms with Crippen LogP contribution in [0.3, 0.4) is 0 Å². The Labute approximate surface area is 149 Å². The smallest absolute Gasteiger partial charge is 0.191 e. The molecule has 0 aromatic carbocycles. The van der Waals surface area contributed by atoms with Gasteiger partial charge in [-0.15, -0.1) is 0 Å². The molecule has 0 radical (unpaired) electrons. The summed E-state index contributed by atoms with van der Waals surface area (Å²) in [4.78, 5) is 9.44. The number of morpholine rings is 1. The zero-order valence-electron chi connectivity index (χ0n) is 16.9. The first-order valence-electron chi connectivity index (χ1n) is 9.28. The molecule has 142 valence electrons. The van der Waals surface area contributed by atoms with Gasteiger partial charge in [-0.25, -0.2) is 0 Å². The Morgan fingerprint density at radius 1 is 1.33 bits per heavy atom. The predicted molar refractivity (Wildman–Crippen MR) is 103 cm³/mol. The summed E-state index contributed by atoms with van der Waals surface area (Å²) < 4.78 is 5.91. The average Bonchev–Trinajstić information content (AvgIpc) is 2.49. The van der Waals surface area contributed by atoms with E-state index in [1.165, 1.54) is 0 Å². The van der Waals surface area contributed by atoms with Gasteiger partial charge in [0, 0.05) is 38.3 Å². The minimum Gasteiger partial charge on any atom is -0.374 e. The van der Waals surface area contributed by atoms with Crippen LogP contribution in [-0.4, -0.2) is 87.4 Å². The molecule has 1 aliphatic rings. The molecule has 0 spiro atoms. The van der Waals surface area contributed by atoms with E-state index in [-0.39, 0.29) is 11.6 Å². The minimum absolute atomic E-state index is 0.0394. The zero-order chi connectivity index (χ0) is 18.2. The molecule has 0 amide bonds. The maximum atomic E-state index is 5.91. The van der Waals surface area contributed by atoms with Crippen molar-refractivity contribution in [2.75, 3.05) is 60.0 Å². The van der Waals surface area contributed by atoms with Gasteiger partial charge >= 0.3 is 0 Å². The maximum absolute atomic E-state index is 5.91. The molecule has 0 bridgehead atoms. The normalized spacial score (nSPS) is 20.7. The van der Waals surface area contributed by atoms with Crippen molar-refractivity contribution >= 4 is 5.96 Å². The Hall–Kier alpha value is -0.850. The number of rotatable bonds is 8. The van der Waals surface area contributed by atoms with Crippen molar-refractivity contribution < 1.29 is 4.74 Å². The predicted octanol–water partition coefficient (Wildman–Crippen LogP) is 1.24. The molecule has 1 fully saturated rings. The Balaban J connectivity index is 2.50. The van der Waals surface area contributed by atoms with E-state index in [9.17, 15) is 0 Å². The summed E-state index contributed by atoms with van der Waals surface area (Å²) in [5.41, 5.74) is 0.0394. The summed E-state index contributed by atoms with van der Waals surface area (Å²) in [5.74, 6) is 1.57. The third kappa shape index (κ3) is 7.81. The fraction of sp³-hybridized carbons (Fsp3) is 0.944. The number of aliphatic imine (C=N–C) groups is 1. The van der Waals surface area contributed by atoms with Gasteiger partial charge in [-0.2, -0.15) is 0 Å². The topological polar surface area (TPSA) is 52.1 Å². The van der Waals surface area contributed by atoms with Crippen LogP contribution in [0.1, 0.15) is 34.6 Å². The molecule has 6 heteroatoms. The van der Waals surface area contributed by atoms with Crippen molar-refractivity contribution in [3.8, 4) is 0 Å². The largest absolute Gasteiger partial charge is 0.374 e. The lowest BCUT2D eigenvalue weighted by Gasteiger charge is -2.34. The molecule has 1 heterocycles. The second kappa shape index (κ2) is 10.2. The third-order valence-electron chi connectivity index (χ3n) is 4.52. The molecule has 1 aliphatic heterocycles. The molecule has 6 nitrogen and oxygen atoms in total. The van der Waals surface area contributed by atoms with Gasteiger partial charge in [-0.1, -0.05) is 13.8 Å². The molecule has 0 aromatic rings. The summed E-state index contributed by atoms with van der Waals surface area (Å²) in [6.07, 6.45) is 0.225. The van der Waals surface area contributed by atoms with Gasteiger partial charge in [-0.3, -0.25) is 9.89 Å². The Kier molecular flexibility index (Phi) is 9.02. The van der Waals surface area contributed by atoms with E-state index in [1.807, 2.05) is 0 Å². The molecule has 2 N–H and O–H groups in total. The second-order valence-electron chi connectivity index (χ2n) is 7.93. The van der Waals surface area contributed by atoms with Crippen molar-refractivity contribution in [2.24, 2.45) is 10.9 Å². The number of guanidine groups is 1.